The number of halogens is 1. The highest BCUT2D eigenvalue weighted by Gasteiger charge is 2.29. The molecule has 2 aliphatic rings. The summed E-state index contributed by atoms with van der Waals surface area (Å²) in [5.74, 6) is 0.844. The summed E-state index contributed by atoms with van der Waals surface area (Å²) in [5.41, 5.74) is 2.90. The molecule has 3 aromatic rings. The van der Waals surface area contributed by atoms with Gasteiger partial charge in [-0.25, -0.2) is 4.79 Å². The zero-order chi connectivity index (χ0) is 23.5. The van der Waals surface area contributed by atoms with Crippen LogP contribution in [-0.2, 0) is 27.5 Å². The van der Waals surface area contributed by atoms with E-state index in [1.807, 2.05) is 42.5 Å². The number of esters is 1. The lowest BCUT2D eigenvalue weighted by molar-refractivity contribution is -0.147. The molecular formula is C26H19BrO7. The fraction of sp³-hybridized carbons (Fsp3) is 0.154. The van der Waals surface area contributed by atoms with E-state index in [2.05, 4.69) is 15.9 Å². The molecule has 0 aromatic heterocycles. The summed E-state index contributed by atoms with van der Waals surface area (Å²) in [6.07, 6.45) is 1.65. The van der Waals surface area contributed by atoms with Gasteiger partial charge in [0.2, 0.25) is 5.78 Å². The fourth-order valence-electron chi connectivity index (χ4n) is 3.64. The monoisotopic (exact) mass is 522 g/mol. The van der Waals surface area contributed by atoms with E-state index in [9.17, 15) is 9.59 Å². The number of Topliss-reactive ketones (excluding diaryl/α,β-unsaturated/α-hetero) is 1. The van der Waals surface area contributed by atoms with E-state index in [0.29, 0.717) is 35.0 Å². The van der Waals surface area contributed by atoms with Crippen molar-refractivity contribution in [1.82, 2.24) is 0 Å². The lowest BCUT2D eigenvalue weighted by Gasteiger charge is -2.20. The van der Waals surface area contributed by atoms with E-state index in [1.165, 1.54) is 0 Å². The molecule has 7 nitrogen and oxygen atoms in total. The summed E-state index contributed by atoms with van der Waals surface area (Å²) < 4.78 is 28.4. The second-order valence-corrected chi connectivity index (χ2v) is 8.54. The van der Waals surface area contributed by atoms with Gasteiger partial charge in [0.15, 0.2) is 19.2 Å². The Bertz CT molecular complexity index is 1280. The minimum Gasteiger partial charge on any atom is -0.482 e. The molecule has 0 saturated heterocycles. The third-order valence-electron chi connectivity index (χ3n) is 5.23. The van der Waals surface area contributed by atoms with Crippen molar-refractivity contribution in [3.8, 4) is 17.2 Å². The molecule has 0 aliphatic carbocycles. The summed E-state index contributed by atoms with van der Waals surface area (Å²) in [7, 11) is 0. The van der Waals surface area contributed by atoms with Crippen LogP contribution >= 0.6 is 15.9 Å². The fourth-order valence-corrected chi connectivity index (χ4v) is 4.16. The predicted molar refractivity (Wildman–Crippen MR) is 126 cm³/mol. The van der Waals surface area contributed by atoms with Crippen molar-refractivity contribution < 1.29 is 33.3 Å². The number of benzene rings is 3. The van der Waals surface area contributed by atoms with Crippen LogP contribution in [0.4, 0.5) is 0 Å². The molecule has 5 rings (SSSR count). The first-order valence-corrected chi connectivity index (χ1v) is 11.3. The summed E-state index contributed by atoms with van der Waals surface area (Å²) in [6, 6.07) is 18.0. The van der Waals surface area contributed by atoms with E-state index in [1.54, 1.807) is 24.3 Å². The molecule has 0 spiro atoms. The number of hydrogen-bond acceptors (Lipinski definition) is 7. The van der Waals surface area contributed by atoms with Gasteiger partial charge in [-0.15, -0.1) is 0 Å². The number of hydrogen-bond donors (Lipinski definition) is 0. The third-order valence-corrected chi connectivity index (χ3v) is 5.69. The Balaban J connectivity index is 1.26. The first-order valence-electron chi connectivity index (χ1n) is 10.5. The van der Waals surface area contributed by atoms with Gasteiger partial charge in [0.25, 0.3) is 0 Å². The Labute approximate surface area is 204 Å². The summed E-state index contributed by atoms with van der Waals surface area (Å²) >= 11 is 3.48. The van der Waals surface area contributed by atoms with Gasteiger partial charge in [-0.05, 0) is 35.9 Å². The zero-order valence-corrected chi connectivity index (χ0v) is 19.5. The molecule has 0 atom stereocenters. The third kappa shape index (κ3) is 4.83. The van der Waals surface area contributed by atoms with Gasteiger partial charge in [-0.1, -0.05) is 46.3 Å². The predicted octanol–water partition coefficient (Wildman–Crippen LogP) is 5.05. The maximum atomic E-state index is 12.9. The summed E-state index contributed by atoms with van der Waals surface area (Å²) in [5, 5.41) is 0. The summed E-state index contributed by atoms with van der Waals surface area (Å²) in [4.78, 5) is 24.9. The number of rotatable bonds is 6. The Hall–Kier alpha value is -3.62. The van der Waals surface area contributed by atoms with Crippen LogP contribution in [0.25, 0.3) is 6.08 Å². The van der Waals surface area contributed by atoms with Gasteiger partial charge in [0.05, 0.1) is 12.2 Å². The second-order valence-electron chi connectivity index (χ2n) is 7.63. The summed E-state index contributed by atoms with van der Waals surface area (Å²) in [6.45, 7) is 0.489. The van der Waals surface area contributed by atoms with E-state index < -0.39 is 5.97 Å². The first kappa shape index (κ1) is 22.2. The largest absolute Gasteiger partial charge is 0.482 e. The first-order chi connectivity index (χ1) is 16.6. The van der Waals surface area contributed by atoms with Gasteiger partial charge in [-0.2, -0.15) is 0 Å². The van der Waals surface area contributed by atoms with E-state index in [-0.39, 0.29) is 31.5 Å². The Morgan fingerprint density at radius 3 is 2.79 bits per heavy atom. The molecule has 0 saturated carbocycles. The SMILES string of the molecule is O=C(COc1ccc2c(c1)O/C(=C\c1cc(Br)cc3c1OCOC3)C2=O)OCc1ccccc1. The standard InChI is InChI=1S/C26H19BrO7/c27-19-8-17(26-18(9-19)13-30-15-33-26)10-23-25(29)21-7-6-20(11-22(21)34-23)31-14-24(28)32-12-16-4-2-1-3-5-16/h1-11H,12-15H2/b23-10-. The number of allylic oxidation sites excluding steroid dienone is 1. The average Bonchev–Trinajstić information content (AvgIpc) is 3.16. The molecule has 0 bridgehead atoms. The molecule has 172 valence electrons. The molecule has 0 radical (unpaired) electrons. The molecule has 2 heterocycles. The molecule has 0 amide bonds. The van der Waals surface area contributed by atoms with Crippen molar-refractivity contribution in [2.45, 2.75) is 13.2 Å². The Morgan fingerprint density at radius 1 is 1.09 bits per heavy atom. The maximum absolute atomic E-state index is 12.9. The van der Waals surface area contributed by atoms with Crippen molar-refractivity contribution in [3.63, 3.8) is 0 Å². The van der Waals surface area contributed by atoms with Crippen LogP contribution in [0.15, 0.2) is 70.9 Å². The highest BCUT2D eigenvalue weighted by molar-refractivity contribution is 9.10. The van der Waals surface area contributed by atoms with Crippen LogP contribution in [0.2, 0.25) is 0 Å². The Morgan fingerprint density at radius 2 is 1.94 bits per heavy atom. The quantitative estimate of drug-likeness (QED) is 0.330. The molecule has 0 N–H and O–H groups in total. The van der Waals surface area contributed by atoms with Crippen LogP contribution in [0.5, 0.6) is 17.2 Å². The molecule has 0 unspecified atom stereocenters. The highest BCUT2D eigenvalue weighted by Crippen LogP contribution is 2.38. The van der Waals surface area contributed by atoms with Crippen LogP contribution in [0, 0.1) is 0 Å². The van der Waals surface area contributed by atoms with Crippen molar-refractivity contribution in [2.24, 2.45) is 0 Å². The van der Waals surface area contributed by atoms with Crippen LogP contribution in [0.3, 0.4) is 0 Å². The number of ether oxygens (including phenoxy) is 5. The average molecular weight is 523 g/mol. The van der Waals surface area contributed by atoms with Crippen molar-refractivity contribution in [1.29, 1.82) is 0 Å². The smallest absolute Gasteiger partial charge is 0.344 e. The zero-order valence-electron chi connectivity index (χ0n) is 17.9. The van der Waals surface area contributed by atoms with E-state index >= 15 is 0 Å². The number of fused-ring (bicyclic) bond motifs is 2. The maximum Gasteiger partial charge on any atom is 0.344 e. The second kappa shape index (κ2) is 9.70. The van der Waals surface area contributed by atoms with Gasteiger partial charge in [0, 0.05) is 21.7 Å². The van der Waals surface area contributed by atoms with E-state index in [0.717, 1.165) is 15.6 Å². The number of ketones is 1. The topological polar surface area (TPSA) is 80.3 Å². The van der Waals surface area contributed by atoms with Crippen molar-refractivity contribution >= 4 is 33.8 Å². The normalized spacial score (nSPS) is 15.2. The van der Waals surface area contributed by atoms with Crippen molar-refractivity contribution in [3.05, 3.63) is 93.1 Å². The highest BCUT2D eigenvalue weighted by atomic mass is 79.9. The molecule has 3 aromatic carbocycles. The van der Waals surface area contributed by atoms with Gasteiger partial charge >= 0.3 is 5.97 Å². The molecule has 34 heavy (non-hydrogen) atoms. The molecule has 8 heteroatoms. The lowest BCUT2D eigenvalue weighted by Crippen LogP contribution is -2.14. The van der Waals surface area contributed by atoms with Gasteiger partial charge < -0.3 is 23.7 Å². The minimum absolute atomic E-state index is 0.147. The Kier molecular flexibility index (Phi) is 6.33. The van der Waals surface area contributed by atoms with Crippen molar-refractivity contribution in [2.75, 3.05) is 13.4 Å². The molecular weight excluding hydrogens is 504 g/mol. The number of carbonyl (C=O) groups excluding carboxylic acids is 2. The molecule has 0 fully saturated rings. The van der Waals surface area contributed by atoms with Crippen LogP contribution < -0.4 is 14.2 Å². The van der Waals surface area contributed by atoms with Crippen LogP contribution in [0.1, 0.15) is 27.0 Å². The molecule has 2 aliphatic heterocycles. The minimum atomic E-state index is -0.495. The lowest BCUT2D eigenvalue weighted by atomic mass is 10.1. The van der Waals surface area contributed by atoms with Gasteiger partial charge in [0.1, 0.15) is 23.9 Å². The van der Waals surface area contributed by atoms with Gasteiger partial charge in [-0.3, -0.25) is 4.79 Å². The van der Waals surface area contributed by atoms with Crippen LogP contribution in [-0.4, -0.2) is 25.2 Å². The van der Waals surface area contributed by atoms with E-state index in [4.69, 9.17) is 23.7 Å². The number of carbonyl (C=O) groups is 2.